The zero-order valence-corrected chi connectivity index (χ0v) is 19.0. The number of carbonyl (C=O) groups is 1. The second-order valence-electron chi connectivity index (χ2n) is 7.95. The summed E-state index contributed by atoms with van der Waals surface area (Å²) in [5, 5.41) is 8.14. The molecule has 2 aromatic heterocycles. The van der Waals surface area contributed by atoms with Crippen LogP contribution in [0.1, 0.15) is 20.9 Å². The quantitative estimate of drug-likeness (QED) is 0.414. The third kappa shape index (κ3) is 4.26. The van der Waals surface area contributed by atoms with Gasteiger partial charge in [0.25, 0.3) is 5.91 Å². The number of aromatic nitrogens is 2. The summed E-state index contributed by atoms with van der Waals surface area (Å²) in [7, 11) is 0. The number of para-hydroxylation sites is 2. The van der Waals surface area contributed by atoms with Crippen LogP contribution in [0.5, 0.6) is 0 Å². The topological polar surface area (TPSA) is 59.4 Å². The van der Waals surface area contributed by atoms with Crippen LogP contribution in [0.25, 0.3) is 15.9 Å². The maximum atomic E-state index is 13.2. The molecular weight excluding hydrogens is 465 g/mol. The Bertz CT molecular complexity index is 1360. The Hall–Kier alpha value is -3.37. The highest BCUT2D eigenvalue weighted by Crippen LogP contribution is 2.34. The van der Waals surface area contributed by atoms with Gasteiger partial charge in [-0.1, -0.05) is 18.2 Å². The van der Waals surface area contributed by atoms with Gasteiger partial charge in [-0.05, 0) is 43.3 Å². The number of nitrogens with one attached hydrogen (secondary N) is 1. The first-order chi connectivity index (χ1) is 16.3. The number of hydrogen-bond acceptors (Lipinski definition) is 5. The molecule has 10 heteroatoms. The van der Waals surface area contributed by atoms with Gasteiger partial charge in [0.1, 0.15) is 4.83 Å². The van der Waals surface area contributed by atoms with E-state index in [2.05, 4.69) is 15.3 Å². The number of halogens is 3. The largest absolute Gasteiger partial charge is 0.416 e. The number of thiophene rings is 1. The smallest absolute Gasteiger partial charge is 0.378 e. The summed E-state index contributed by atoms with van der Waals surface area (Å²) < 4.78 is 46.5. The molecule has 1 aliphatic rings. The highest BCUT2D eigenvalue weighted by Gasteiger charge is 2.31. The highest BCUT2D eigenvalue weighted by molar-refractivity contribution is 7.20. The molecule has 34 heavy (non-hydrogen) atoms. The number of nitrogens with zero attached hydrogens (tertiary/aromatic N) is 3. The van der Waals surface area contributed by atoms with Gasteiger partial charge in [-0.2, -0.15) is 18.3 Å². The zero-order valence-electron chi connectivity index (χ0n) is 18.2. The van der Waals surface area contributed by atoms with Crippen LogP contribution in [0.2, 0.25) is 0 Å². The average molecular weight is 487 g/mol. The fourth-order valence-corrected chi connectivity index (χ4v) is 5.07. The van der Waals surface area contributed by atoms with E-state index >= 15 is 0 Å². The molecule has 3 heterocycles. The predicted molar refractivity (Wildman–Crippen MR) is 126 cm³/mol. The molecular formula is C24H21F3N4O2S. The van der Waals surface area contributed by atoms with Crippen molar-refractivity contribution in [3.05, 3.63) is 70.7 Å². The molecule has 6 nitrogen and oxygen atoms in total. The lowest BCUT2D eigenvalue weighted by Gasteiger charge is -2.30. The second-order valence-corrected chi connectivity index (χ2v) is 8.98. The van der Waals surface area contributed by atoms with Crippen molar-refractivity contribution in [2.24, 2.45) is 0 Å². The summed E-state index contributed by atoms with van der Waals surface area (Å²) in [5.41, 5.74) is 1.80. The van der Waals surface area contributed by atoms with E-state index in [1.807, 2.05) is 24.3 Å². The van der Waals surface area contributed by atoms with Gasteiger partial charge >= 0.3 is 6.18 Å². The molecule has 1 saturated heterocycles. The molecule has 0 atom stereocenters. The Kier molecular flexibility index (Phi) is 5.78. The summed E-state index contributed by atoms with van der Waals surface area (Å²) in [4.78, 5) is 16.4. The first-order valence-electron chi connectivity index (χ1n) is 10.7. The van der Waals surface area contributed by atoms with Crippen molar-refractivity contribution < 1.29 is 22.7 Å². The number of hydrogen-bond donors (Lipinski definition) is 1. The van der Waals surface area contributed by atoms with Gasteiger partial charge in [0.05, 0.1) is 46.4 Å². The van der Waals surface area contributed by atoms with E-state index in [1.165, 1.54) is 22.1 Å². The van der Waals surface area contributed by atoms with E-state index in [1.54, 1.807) is 19.1 Å². The Morgan fingerprint density at radius 1 is 1.09 bits per heavy atom. The van der Waals surface area contributed by atoms with Crippen LogP contribution in [0, 0.1) is 6.92 Å². The summed E-state index contributed by atoms with van der Waals surface area (Å²) in [5.74, 6) is -0.281. The van der Waals surface area contributed by atoms with Crippen LogP contribution in [-0.2, 0) is 10.9 Å². The molecule has 0 spiro atoms. The first-order valence-corrected chi connectivity index (χ1v) is 11.5. The lowest BCUT2D eigenvalue weighted by Crippen LogP contribution is -2.36. The summed E-state index contributed by atoms with van der Waals surface area (Å²) in [6.07, 6.45) is -4.45. The molecule has 1 fully saturated rings. The SMILES string of the molecule is Cc1nn(-c2cccc(C(F)(F)F)c2)c2sc(C(=O)Nc3ccccc3N3CCOCC3)cc12. The second kappa shape index (κ2) is 8.77. The third-order valence-corrected chi connectivity index (χ3v) is 6.80. The molecule has 2 aromatic carbocycles. The molecule has 4 aromatic rings. The molecule has 1 N–H and O–H groups in total. The summed E-state index contributed by atoms with van der Waals surface area (Å²) in [6.45, 7) is 4.51. The van der Waals surface area contributed by atoms with Gasteiger partial charge < -0.3 is 15.0 Å². The van der Waals surface area contributed by atoms with Crippen LogP contribution in [-0.4, -0.2) is 42.0 Å². The number of morpholine rings is 1. The lowest BCUT2D eigenvalue weighted by atomic mass is 10.2. The van der Waals surface area contributed by atoms with Crippen molar-refractivity contribution >= 4 is 38.8 Å². The van der Waals surface area contributed by atoms with Crippen molar-refractivity contribution in [3.8, 4) is 5.69 Å². The number of rotatable bonds is 4. The minimum Gasteiger partial charge on any atom is -0.378 e. The maximum absolute atomic E-state index is 13.2. The normalized spacial score (nSPS) is 14.5. The standard InChI is InChI=1S/C24H21F3N4O2S/c1-15-18-14-21(22(32)28-19-7-2-3-8-20(19)30-9-11-33-12-10-30)34-23(18)31(29-15)17-6-4-5-16(13-17)24(25,26)27/h2-8,13-14H,9-12H2,1H3,(H,28,32). The lowest BCUT2D eigenvalue weighted by molar-refractivity contribution is -0.137. The van der Waals surface area contributed by atoms with E-state index in [-0.39, 0.29) is 5.91 Å². The van der Waals surface area contributed by atoms with Crippen molar-refractivity contribution in [1.29, 1.82) is 0 Å². The number of ether oxygens (including phenoxy) is 1. The maximum Gasteiger partial charge on any atom is 0.416 e. The molecule has 176 valence electrons. The monoisotopic (exact) mass is 486 g/mol. The molecule has 1 amide bonds. The van der Waals surface area contributed by atoms with E-state index in [0.29, 0.717) is 40.0 Å². The number of fused-ring (bicyclic) bond motifs is 1. The molecule has 5 rings (SSSR count). The first kappa shape index (κ1) is 22.4. The van der Waals surface area contributed by atoms with Crippen LogP contribution >= 0.6 is 11.3 Å². The molecule has 1 aliphatic heterocycles. The molecule has 0 saturated carbocycles. The number of alkyl halides is 3. The van der Waals surface area contributed by atoms with Crippen molar-refractivity contribution in [2.75, 3.05) is 36.5 Å². The minimum absolute atomic E-state index is 0.281. The number of amides is 1. The van der Waals surface area contributed by atoms with E-state index in [0.717, 1.165) is 36.3 Å². The minimum atomic E-state index is -4.45. The van der Waals surface area contributed by atoms with E-state index in [9.17, 15) is 18.0 Å². The Labute approximate surface area is 197 Å². The number of carbonyl (C=O) groups excluding carboxylic acids is 1. The Balaban J connectivity index is 1.46. The fourth-order valence-electron chi connectivity index (χ4n) is 3.99. The van der Waals surface area contributed by atoms with Gasteiger partial charge in [-0.25, -0.2) is 4.68 Å². The predicted octanol–water partition coefficient (Wildman–Crippen LogP) is 5.50. The summed E-state index contributed by atoms with van der Waals surface area (Å²) in [6, 6.07) is 14.3. The van der Waals surface area contributed by atoms with Gasteiger partial charge in [-0.3, -0.25) is 4.79 Å². The average Bonchev–Trinajstić information content (AvgIpc) is 3.40. The van der Waals surface area contributed by atoms with Gasteiger partial charge in [0.2, 0.25) is 0 Å². The number of aryl methyl sites for hydroxylation is 1. The van der Waals surface area contributed by atoms with Crippen LogP contribution in [0.3, 0.4) is 0 Å². The third-order valence-electron chi connectivity index (χ3n) is 5.69. The van der Waals surface area contributed by atoms with Crippen LogP contribution in [0.15, 0.2) is 54.6 Å². The van der Waals surface area contributed by atoms with Gasteiger partial charge in [0.15, 0.2) is 0 Å². The Morgan fingerprint density at radius 3 is 2.62 bits per heavy atom. The fraction of sp³-hybridized carbons (Fsp3) is 0.250. The Morgan fingerprint density at radius 2 is 1.85 bits per heavy atom. The van der Waals surface area contributed by atoms with Crippen molar-refractivity contribution in [1.82, 2.24) is 9.78 Å². The van der Waals surface area contributed by atoms with Crippen LogP contribution < -0.4 is 10.2 Å². The van der Waals surface area contributed by atoms with Crippen molar-refractivity contribution in [3.63, 3.8) is 0 Å². The molecule has 0 radical (unpaired) electrons. The number of anilines is 2. The van der Waals surface area contributed by atoms with E-state index in [4.69, 9.17) is 4.74 Å². The van der Waals surface area contributed by atoms with Gasteiger partial charge in [-0.15, -0.1) is 11.3 Å². The summed E-state index contributed by atoms with van der Waals surface area (Å²) >= 11 is 1.20. The zero-order chi connectivity index (χ0) is 23.9. The molecule has 0 unspecified atom stereocenters. The van der Waals surface area contributed by atoms with Gasteiger partial charge in [0, 0.05) is 18.5 Å². The van der Waals surface area contributed by atoms with Crippen molar-refractivity contribution in [2.45, 2.75) is 13.1 Å². The molecule has 0 aliphatic carbocycles. The molecule has 0 bridgehead atoms. The van der Waals surface area contributed by atoms with Crippen LogP contribution in [0.4, 0.5) is 24.5 Å². The van der Waals surface area contributed by atoms with E-state index < -0.39 is 11.7 Å². The number of benzene rings is 2. The highest BCUT2D eigenvalue weighted by atomic mass is 32.1.